The molecular weight excluding hydrogens is 366 g/mol. The summed E-state index contributed by atoms with van der Waals surface area (Å²) in [6.07, 6.45) is -1.38. The highest BCUT2D eigenvalue weighted by molar-refractivity contribution is 5.82. The summed E-state index contributed by atoms with van der Waals surface area (Å²) in [5.74, 6) is -1.81. The summed E-state index contributed by atoms with van der Waals surface area (Å²) in [6.45, 7) is -1.48. The molecule has 2 aromatic rings. The predicted molar refractivity (Wildman–Crippen MR) is 90.3 cm³/mol. The van der Waals surface area contributed by atoms with Crippen LogP contribution in [0.15, 0.2) is 41.4 Å². The van der Waals surface area contributed by atoms with Crippen LogP contribution in [-0.4, -0.2) is 35.9 Å². The molecule has 9 heteroatoms. The van der Waals surface area contributed by atoms with E-state index < -0.39 is 30.0 Å². The third kappa shape index (κ3) is 3.18. The molecule has 0 amide bonds. The molecule has 0 fully saturated rings. The van der Waals surface area contributed by atoms with Crippen LogP contribution >= 0.6 is 0 Å². The Balaban J connectivity index is 2.22. The maximum Gasteiger partial charge on any atom is 0.387 e. The van der Waals surface area contributed by atoms with E-state index in [9.17, 15) is 22.7 Å². The van der Waals surface area contributed by atoms with Gasteiger partial charge in [0.2, 0.25) is 0 Å². The number of aliphatic imine (C=N–C) groups is 1. The largest absolute Gasteiger partial charge is 0.435 e. The van der Waals surface area contributed by atoms with Gasteiger partial charge in [0.25, 0.3) is 0 Å². The van der Waals surface area contributed by atoms with Gasteiger partial charge in [-0.1, -0.05) is 6.07 Å². The topological polar surface area (TPSA) is 71.1 Å². The quantitative estimate of drug-likeness (QED) is 0.797. The fraction of sp³-hybridized carbons (Fsp3) is 0.278. The summed E-state index contributed by atoms with van der Waals surface area (Å²) in [5, 5.41) is 10.8. The average molecular weight is 383 g/mol. The Hall–Kier alpha value is -2.81. The molecule has 0 saturated heterocycles. The van der Waals surface area contributed by atoms with Gasteiger partial charge in [0.05, 0.1) is 0 Å². The smallest absolute Gasteiger partial charge is 0.387 e. The van der Waals surface area contributed by atoms with Crippen LogP contribution in [0.25, 0.3) is 0 Å². The minimum Gasteiger partial charge on any atom is -0.435 e. The van der Waals surface area contributed by atoms with Crippen molar-refractivity contribution in [2.75, 3.05) is 7.05 Å². The number of aliphatic hydroxyl groups is 1. The molecule has 2 atom stereocenters. The number of likely N-dealkylation sites (N-methyl/N-ethyl adjacent to an activating group) is 1. The van der Waals surface area contributed by atoms with Crippen LogP contribution in [0.2, 0.25) is 0 Å². The Morgan fingerprint density at radius 2 is 1.78 bits per heavy atom. The van der Waals surface area contributed by atoms with E-state index in [4.69, 9.17) is 5.73 Å². The summed E-state index contributed by atoms with van der Waals surface area (Å²) < 4.78 is 57.1. The number of hydrogen-bond acceptors (Lipinski definition) is 5. The van der Waals surface area contributed by atoms with E-state index in [2.05, 4.69) is 9.73 Å². The fourth-order valence-corrected chi connectivity index (χ4v) is 3.21. The standard InChI is InChI=1S/C18H17F4N3O2/c1-9-5-10(3-4-14(9)27-16(21)22)18(15(26)25(2)17(23)24-18)11-6-12(19)8-13(20)7-11/h3-8,15-16,26H,1-2H3,(H2,23,24). The molecule has 0 saturated carbocycles. The Bertz CT molecular complexity index is 886. The monoisotopic (exact) mass is 383 g/mol. The van der Waals surface area contributed by atoms with Crippen LogP contribution in [0.3, 0.4) is 0 Å². The molecule has 2 unspecified atom stereocenters. The average Bonchev–Trinajstić information content (AvgIpc) is 2.80. The lowest BCUT2D eigenvalue weighted by molar-refractivity contribution is -0.0503. The highest BCUT2D eigenvalue weighted by Gasteiger charge is 2.49. The van der Waals surface area contributed by atoms with E-state index in [-0.39, 0.29) is 17.3 Å². The molecule has 1 aliphatic heterocycles. The number of halogens is 4. The van der Waals surface area contributed by atoms with Gasteiger partial charge in [-0.2, -0.15) is 8.78 Å². The lowest BCUT2D eigenvalue weighted by atomic mass is 9.81. The molecule has 27 heavy (non-hydrogen) atoms. The number of nitrogens with two attached hydrogens (primary N) is 1. The van der Waals surface area contributed by atoms with Crippen molar-refractivity contribution >= 4 is 5.96 Å². The van der Waals surface area contributed by atoms with Crippen molar-refractivity contribution in [1.29, 1.82) is 0 Å². The molecule has 2 aromatic carbocycles. The fourth-order valence-electron chi connectivity index (χ4n) is 3.21. The van der Waals surface area contributed by atoms with Crippen molar-refractivity contribution in [3.8, 4) is 5.75 Å². The zero-order chi connectivity index (χ0) is 19.9. The summed E-state index contributed by atoms with van der Waals surface area (Å²) in [4.78, 5) is 5.54. The second kappa shape index (κ2) is 6.73. The molecule has 0 radical (unpaired) electrons. The second-order valence-electron chi connectivity index (χ2n) is 6.24. The maximum atomic E-state index is 13.9. The van der Waals surface area contributed by atoms with E-state index in [0.29, 0.717) is 17.2 Å². The van der Waals surface area contributed by atoms with Crippen LogP contribution in [0.4, 0.5) is 17.6 Å². The molecule has 1 aliphatic rings. The zero-order valence-corrected chi connectivity index (χ0v) is 14.5. The van der Waals surface area contributed by atoms with Gasteiger partial charge in [-0.15, -0.1) is 0 Å². The molecule has 0 spiro atoms. The van der Waals surface area contributed by atoms with Crippen molar-refractivity contribution < 1.29 is 27.4 Å². The van der Waals surface area contributed by atoms with E-state index >= 15 is 0 Å². The number of alkyl halides is 2. The minimum absolute atomic E-state index is 0.0294. The normalized spacial score (nSPS) is 22.3. The van der Waals surface area contributed by atoms with Crippen LogP contribution in [0.1, 0.15) is 16.7 Å². The van der Waals surface area contributed by atoms with Gasteiger partial charge < -0.3 is 20.5 Å². The molecule has 0 bridgehead atoms. The summed E-state index contributed by atoms with van der Waals surface area (Å²) >= 11 is 0. The van der Waals surface area contributed by atoms with Crippen LogP contribution in [-0.2, 0) is 5.54 Å². The number of ether oxygens (including phenoxy) is 1. The summed E-state index contributed by atoms with van der Waals surface area (Å²) in [5.41, 5.74) is 4.86. The minimum atomic E-state index is -3.00. The Morgan fingerprint density at radius 1 is 1.15 bits per heavy atom. The molecule has 0 aromatic heterocycles. The molecule has 3 N–H and O–H groups in total. The van der Waals surface area contributed by atoms with Gasteiger partial charge in [-0.3, -0.25) is 0 Å². The molecule has 0 aliphatic carbocycles. The van der Waals surface area contributed by atoms with Gasteiger partial charge in [0.1, 0.15) is 17.4 Å². The first kappa shape index (κ1) is 19.0. The van der Waals surface area contributed by atoms with Crippen molar-refractivity contribution in [2.24, 2.45) is 10.7 Å². The van der Waals surface area contributed by atoms with Gasteiger partial charge in [0, 0.05) is 13.1 Å². The Morgan fingerprint density at radius 3 is 2.26 bits per heavy atom. The van der Waals surface area contributed by atoms with Gasteiger partial charge in [-0.05, 0) is 47.9 Å². The van der Waals surface area contributed by atoms with Crippen molar-refractivity contribution in [2.45, 2.75) is 25.3 Å². The van der Waals surface area contributed by atoms with E-state index in [1.165, 1.54) is 37.1 Å². The van der Waals surface area contributed by atoms with E-state index in [1.807, 2.05) is 0 Å². The Kier molecular flexibility index (Phi) is 4.73. The lowest BCUT2D eigenvalue weighted by Crippen LogP contribution is -2.45. The number of guanidine groups is 1. The first-order valence-electron chi connectivity index (χ1n) is 7.94. The van der Waals surface area contributed by atoms with E-state index in [1.54, 1.807) is 0 Å². The lowest BCUT2D eigenvalue weighted by Gasteiger charge is -2.33. The third-order valence-corrected chi connectivity index (χ3v) is 4.53. The number of benzene rings is 2. The first-order chi connectivity index (χ1) is 12.6. The number of hydrogen-bond donors (Lipinski definition) is 2. The Labute approximate surface area is 152 Å². The molecule has 1 heterocycles. The van der Waals surface area contributed by atoms with Crippen LogP contribution in [0.5, 0.6) is 5.75 Å². The number of rotatable bonds is 4. The van der Waals surface area contributed by atoms with Crippen molar-refractivity contribution in [1.82, 2.24) is 4.90 Å². The molecule has 5 nitrogen and oxygen atoms in total. The van der Waals surface area contributed by atoms with Crippen LogP contribution in [0, 0.1) is 18.6 Å². The van der Waals surface area contributed by atoms with E-state index in [0.717, 1.165) is 12.1 Å². The number of nitrogens with zero attached hydrogens (tertiary/aromatic N) is 2. The second-order valence-corrected chi connectivity index (χ2v) is 6.24. The van der Waals surface area contributed by atoms with Crippen molar-refractivity contribution in [3.05, 3.63) is 64.7 Å². The molecule has 144 valence electrons. The SMILES string of the molecule is Cc1cc(C2(c3cc(F)cc(F)c3)N=C(N)N(C)C2O)ccc1OC(F)F. The zero-order valence-electron chi connectivity index (χ0n) is 14.5. The first-order valence-corrected chi connectivity index (χ1v) is 7.94. The summed E-state index contributed by atoms with van der Waals surface area (Å²) in [6, 6.07) is 6.92. The third-order valence-electron chi connectivity index (χ3n) is 4.53. The maximum absolute atomic E-state index is 13.9. The van der Waals surface area contributed by atoms with Crippen molar-refractivity contribution in [3.63, 3.8) is 0 Å². The van der Waals surface area contributed by atoms with Crippen LogP contribution < -0.4 is 10.5 Å². The highest BCUT2D eigenvalue weighted by atomic mass is 19.3. The van der Waals surface area contributed by atoms with Gasteiger partial charge in [0.15, 0.2) is 17.7 Å². The summed E-state index contributed by atoms with van der Waals surface area (Å²) in [7, 11) is 1.47. The van der Waals surface area contributed by atoms with Gasteiger partial charge in [-0.25, -0.2) is 13.8 Å². The highest BCUT2D eigenvalue weighted by Crippen LogP contribution is 2.43. The number of aliphatic hydroxyl groups excluding tert-OH is 1. The molecule has 3 rings (SSSR count). The van der Waals surface area contributed by atoms with Gasteiger partial charge >= 0.3 is 6.61 Å². The predicted octanol–water partition coefficient (Wildman–Crippen LogP) is 2.70. The molecular formula is C18H17F4N3O2. The number of aryl methyl sites for hydroxylation is 1.